The molecular formula is C15H12N2O3. The van der Waals surface area contributed by atoms with E-state index in [4.69, 9.17) is 5.11 Å². The minimum atomic E-state index is -1.14. The molecule has 1 aromatic carbocycles. The van der Waals surface area contributed by atoms with E-state index in [1.54, 1.807) is 6.08 Å². The van der Waals surface area contributed by atoms with Gasteiger partial charge in [0, 0.05) is 6.08 Å². The standard InChI is InChI=1S/C15H12N2O3/c18-14(10-9-11-5-2-1-3-6-11)17-13-8-4-7-12(16-13)15(19)20/h1-10H,(H,19,20)(H,16,17,18). The Morgan fingerprint density at radius 3 is 2.50 bits per heavy atom. The highest BCUT2D eigenvalue weighted by molar-refractivity contribution is 6.01. The molecule has 1 aromatic heterocycles. The van der Waals surface area contributed by atoms with Crippen LogP contribution in [-0.2, 0) is 4.79 Å². The quantitative estimate of drug-likeness (QED) is 0.835. The van der Waals surface area contributed by atoms with E-state index < -0.39 is 5.97 Å². The predicted molar refractivity (Wildman–Crippen MR) is 75.3 cm³/mol. The molecule has 2 aromatic rings. The van der Waals surface area contributed by atoms with Crippen LogP contribution in [0.25, 0.3) is 6.08 Å². The summed E-state index contributed by atoms with van der Waals surface area (Å²) < 4.78 is 0. The third-order valence-electron chi connectivity index (χ3n) is 2.45. The molecule has 0 aliphatic carbocycles. The Balaban J connectivity index is 2.03. The molecular weight excluding hydrogens is 256 g/mol. The maximum absolute atomic E-state index is 11.7. The Morgan fingerprint density at radius 1 is 1.05 bits per heavy atom. The highest BCUT2D eigenvalue weighted by Gasteiger charge is 2.06. The van der Waals surface area contributed by atoms with E-state index in [1.165, 1.54) is 24.3 Å². The number of hydrogen-bond acceptors (Lipinski definition) is 3. The van der Waals surface area contributed by atoms with Crippen molar-refractivity contribution in [2.75, 3.05) is 5.32 Å². The monoisotopic (exact) mass is 268 g/mol. The van der Waals surface area contributed by atoms with Crippen molar-refractivity contribution >= 4 is 23.8 Å². The molecule has 0 atom stereocenters. The number of amides is 1. The van der Waals surface area contributed by atoms with Gasteiger partial charge in [-0.15, -0.1) is 0 Å². The normalized spacial score (nSPS) is 10.4. The van der Waals surface area contributed by atoms with E-state index in [1.807, 2.05) is 30.3 Å². The van der Waals surface area contributed by atoms with Crippen LogP contribution < -0.4 is 5.32 Å². The summed E-state index contributed by atoms with van der Waals surface area (Å²) in [5.41, 5.74) is 0.782. The molecule has 0 aliphatic rings. The number of rotatable bonds is 4. The van der Waals surface area contributed by atoms with Crippen molar-refractivity contribution < 1.29 is 14.7 Å². The topological polar surface area (TPSA) is 79.3 Å². The number of carbonyl (C=O) groups is 2. The molecule has 20 heavy (non-hydrogen) atoms. The average molecular weight is 268 g/mol. The van der Waals surface area contributed by atoms with E-state index in [0.717, 1.165) is 5.56 Å². The van der Waals surface area contributed by atoms with E-state index in [0.29, 0.717) is 0 Å². The zero-order valence-corrected chi connectivity index (χ0v) is 10.5. The molecule has 0 saturated heterocycles. The van der Waals surface area contributed by atoms with Gasteiger partial charge in [0.1, 0.15) is 5.82 Å². The average Bonchev–Trinajstić information content (AvgIpc) is 2.46. The number of benzene rings is 1. The Kier molecular flexibility index (Phi) is 4.24. The number of carbonyl (C=O) groups excluding carboxylic acids is 1. The first-order valence-corrected chi connectivity index (χ1v) is 5.89. The molecule has 0 radical (unpaired) electrons. The van der Waals surface area contributed by atoms with Crippen LogP contribution in [0.5, 0.6) is 0 Å². The summed E-state index contributed by atoms with van der Waals surface area (Å²) in [6, 6.07) is 13.8. The first-order chi connectivity index (χ1) is 9.65. The summed E-state index contributed by atoms with van der Waals surface area (Å²) in [5, 5.41) is 11.3. The number of pyridine rings is 1. The Morgan fingerprint density at radius 2 is 1.80 bits per heavy atom. The van der Waals surface area contributed by atoms with Gasteiger partial charge in [-0.3, -0.25) is 4.79 Å². The smallest absolute Gasteiger partial charge is 0.354 e. The predicted octanol–water partition coefficient (Wildman–Crippen LogP) is 2.43. The summed E-state index contributed by atoms with van der Waals surface area (Å²) >= 11 is 0. The molecule has 100 valence electrons. The maximum Gasteiger partial charge on any atom is 0.354 e. The van der Waals surface area contributed by atoms with Gasteiger partial charge >= 0.3 is 5.97 Å². The third-order valence-corrected chi connectivity index (χ3v) is 2.45. The number of anilines is 1. The fourth-order valence-electron chi connectivity index (χ4n) is 1.53. The van der Waals surface area contributed by atoms with Gasteiger partial charge in [-0.2, -0.15) is 0 Å². The number of nitrogens with one attached hydrogen (secondary N) is 1. The van der Waals surface area contributed by atoms with Crippen LogP contribution in [0.1, 0.15) is 16.1 Å². The summed E-state index contributed by atoms with van der Waals surface area (Å²) in [7, 11) is 0. The molecule has 0 fully saturated rings. The Labute approximate surface area is 115 Å². The summed E-state index contributed by atoms with van der Waals surface area (Å²) in [6.45, 7) is 0. The van der Waals surface area contributed by atoms with E-state index in [-0.39, 0.29) is 17.4 Å². The molecule has 1 heterocycles. The van der Waals surface area contributed by atoms with E-state index >= 15 is 0 Å². The van der Waals surface area contributed by atoms with Gasteiger partial charge in [-0.05, 0) is 23.8 Å². The van der Waals surface area contributed by atoms with Crippen LogP contribution in [-0.4, -0.2) is 22.0 Å². The number of aromatic carboxylic acids is 1. The lowest BCUT2D eigenvalue weighted by Gasteiger charge is -2.01. The van der Waals surface area contributed by atoms with Gasteiger partial charge in [0.2, 0.25) is 5.91 Å². The van der Waals surface area contributed by atoms with Gasteiger partial charge in [0.15, 0.2) is 5.69 Å². The SMILES string of the molecule is O=C(C=Cc1ccccc1)Nc1cccc(C(=O)O)n1. The van der Waals surface area contributed by atoms with Crippen LogP contribution in [0.15, 0.2) is 54.6 Å². The highest BCUT2D eigenvalue weighted by Crippen LogP contribution is 2.06. The third kappa shape index (κ3) is 3.78. The molecule has 5 nitrogen and oxygen atoms in total. The number of nitrogens with zero attached hydrogens (tertiary/aromatic N) is 1. The lowest BCUT2D eigenvalue weighted by Crippen LogP contribution is -2.11. The molecule has 1 amide bonds. The second-order valence-corrected chi connectivity index (χ2v) is 3.95. The molecule has 0 bridgehead atoms. The molecule has 0 unspecified atom stereocenters. The summed E-state index contributed by atoms with van der Waals surface area (Å²) in [6.07, 6.45) is 3.03. The fraction of sp³-hybridized carbons (Fsp3) is 0. The lowest BCUT2D eigenvalue weighted by atomic mass is 10.2. The molecule has 0 spiro atoms. The molecule has 0 aliphatic heterocycles. The van der Waals surface area contributed by atoms with Crippen molar-refractivity contribution in [1.82, 2.24) is 4.98 Å². The van der Waals surface area contributed by atoms with Gasteiger partial charge in [0.25, 0.3) is 0 Å². The number of hydrogen-bond donors (Lipinski definition) is 2. The van der Waals surface area contributed by atoms with Crippen molar-refractivity contribution in [3.63, 3.8) is 0 Å². The minimum Gasteiger partial charge on any atom is -0.477 e. The zero-order valence-electron chi connectivity index (χ0n) is 10.5. The van der Waals surface area contributed by atoms with E-state index in [9.17, 15) is 9.59 Å². The van der Waals surface area contributed by atoms with Crippen LogP contribution in [0.2, 0.25) is 0 Å². The van der Waals surface area contributed by atoms with Gasteiger partial charge in [0.05, 0.1) is 0 Å². The van der Waals surface area contributed by atoms with E-state index in [2.05, 4.69) is 10.3 Å². The second-order valence-electron chi connectivity index (χ2n) is 3.95. The lowest BCUT2D eigenvalue weighted by molar-refractivity contribution is -0.111. The zero-order chi connectivity index (χ0) is 14.4. The molecule has 2 N–H and O–H groups in total. The molecule has 0 saturated carbocycles. The summed E-state index contributed by atoms with van der Waals surface area (Å²) in [4.78, 5) is 26.2. The molecule has 5 heteroatoms. The fourth-order valence-corrected chi connectivity index (χ4v) is 1.53. The Hall–Kier alpha value is -2.95. The number of aromatic nitrogens is 1. The van der Waals surface area contributed by atoms with Gasteiger partial charge in [-0.25, -0.2) is 9.78 Å². The van der Waals surface area contributed by atoms with Crippen molar-refractivity contribution in [2.24, 2.45) is 0 Å². The summed E-state index contributed by atoms with van der Waals surface area (Å²) in [5.74, 6) is -1.31. The van der Waals surface area contributed by atoms with Gasteiger partial charge in [-0.1, -0.05) is 36.4 Å². The van der Waals surface area contributed by atoms with Crippen LogP contribution in [0.4, 0.5) is 5.82 Å². The minimum absolute atomic E-state index is 0.116. The van der Waals surface area contributed by atoms with Crippen molar-refractivity contribution in [2.45, 2.75) is 0 Å². The molecule has 2 rings (SSSR count). The highest BCUT2D eigenvalue weighted by atomic mass is 16.4. The maximum atomic E-state index is 11.7. The largest absolute Gasteiger partial charge is 0.477 e. The first kappa shape index (κ1) is 13.5. The van der Waals surface area contributed by atoms with Gasteiger partial charge < -0.3 is 10.4 Å². The number of carboxylic acids is 1. The van der Waals surface area contributed by atoms with Crippen molar-refractivity contribution in [3.05, 3.63) is 65.9 Å². The van der Waals surface area contributed by atoms with Crippen LogP contribution >= 0.6 is 0 Å². The van der Waals surface area contributed by atoms with Crippen LogP contribution in [0, 0.1) is 0 Å². The second kappa shape index (κ2) is 6.29. The first-order valence-electron chi connectivity index (χ1n) is 5.89. The van der Waals surface area contributed by atoms with Crippen LogP contribution in [0.3, 0.4) is 0 Å². The number of carboxylic acid groups (broad SMARTS) is 1. The Bertz CT molecular complexity index is 651. The van der Waals surface area contributed by atoms with Crippen molar-refractivity contribution in [1.29, 1.82) is 0 Å². The van der Waals surface area contributed by atoms with Crippen molar-refractivity contribution in [3.8, 4) is 0 Å².